The minimum atomic E-state index is -0.0994. The molecule has 0 saturated carbocycles. The monoisotopic (exact) mass is 222 g/mol. The van der Waals surface area contributed by atoms with E-state index in [2.05, 4.69) is 11.2 Å². The van der Waals surface area contributed by atoms with Gasteiger partial charge >= 0.3 is 0 Å². The standard InChI is InChI=1S/C12H18N2O2/c1-3-7-14(8-4-2)12(16)10-5-6-11(15)13-9-10/h1,10H,4-9H2,2H3,(H,13,15). The molecule has 1 heterocycles. The molecule has 0 bridgehead atoms. The third-order valence-electron chi connectivity index (χ3n) is 2.70. The second-order valence-electron chi connectivity index (χ2n) is 4.00. The number of piperidine rings is 1. The van der Waals surface area contributed by atoms with Crippen molar-refractivity contribution in [2.45, 2.75) is 26.2 Å². The average molecular weight is 222 g/mol. The van der Waals surface area contributed by atoms with E-state index in [0.29, 0.717) is 32.5 Å². The number of rotatable bonds is 4. The number of nitrogens with one attached hydrogen (secondary N) is 1. The molecule has 4 nitrogen and oxygen atoms in total. The molecule has 1 unspecified atom stereocenters. The van der Waals surface area contributed by atoms with Gasteiger partial charge in [-0.15, -0.1) is 6.42 Å². The summed E-state index contributed by atoms with van der Waals surface area (Å²) in [4.78, 5) is 24.7. The summed E-state index contributed by atoms with van der Waals surface area (Å²) in [5.74, 6) is 2.50. The first-order valence-corrected chi connectivity index (χ1v) is 5.68. The van der Waals surface area contributed by atoms with E-state index in [-0.39, 0.29) is 17.7 Å². The minimum Gasteiger partial charge on any atom is -0.355 e. The van der Waals surface area contributed by atoms with Crippen LogP contribution in [0.4, 0.5) is 0 Å². The van der Waals surface area contributed by atoms with Crippen LogP contribution in [0.15, 0.2) is 0 Å². The summed E-state index contributed by atoms with van der Waals surface area (Å²) in [6.45, 7) is 3.51. The Bertz CT molecular complexity index is 297. The van der Waals surface area contributed by atoms with E-state index >= 15 is 0 Å². The van der Waals surface area contributed by atoms with Gasteiger partial charge in [-0.3, -0.25) is 9.59 Å². The van der Waals surface area contributed by atoms with Crippen LogP contribution in [0.5, 0.6) is 0 Å². The van der Waals surface area contributed by atoms with Crippen LogP contribution in [0.25, 0.3) is 0 Å². The summed E-state index contributed by atoms with van der Waals surface area (Å²) in [6, 6.07) is 0. The SMILES string of the molecule is C#CCN(CCC)C(=O)C1CCC(=O)NC1. The van der Waals surface area contributed by atoms with Gasteiger partial charge in [-0.25, -0.2) is 0 Å². The van der Waals surface area contributed by atoms with Crippen molar-refractivity contribution in [2.24, 2.45) is 5.92 Å². The Labute approximate surface area is 96.4 Å². The van der Waals surface area contributed by atoms with Gasteiger partial charge in [0, 0.05) is 19.5 Å². The zero-order chi connectivity index (χ0) is 12.0. The molecule has 0 radical (unpaired) electrons. The van der Waals surface area contributed by atoms with Gasteiger partial charge in [0.2, 0.25) is 11.8 Å². The highest BCUT2D eigenvalue weighted by atomic mass is 16.2. The fraction of sp³-hybridized carbons (Fsp3) is 0.667. The molecule has 1 rings (SSSR count). The molecule has 0 aromatic carbocycles. The first-order chi connectivity index (χ1) is 7.69. The third kappa shape index (κ3) is 3.27. The Hall–Kier alpha value is -1.50. The van der Waals surface area contributed by atoms with Gasteiger partial charge in [-0.2, -0.15) is 0 Å². The maximum absolute atomic E-state index is 12.1. The fourth-order valence-electron chi connectivity index (χ4n) is 1.85. The second-order valence-corrected chi connectivity index (χ2v) is 4.00. The lowest BCUT2D eigenvalue weighted by Crippen LogP contribution is -2.45. The lowest BCUT2D eigenvalue weighted by molar-refractivity contribution is -0.137. The quantitative estimate of drug-likeness (QED) is 0.699. The highest BCUT2D eigenvalue weighted by Crippen LogP contribution is 2.14. The maximum atomic E-state index is 12.1. The maximum Gasteiger partial charge on any atom is 0.228 e. The van der Waals surface area contributed by atoms with Crippen molar-refractivity contribution in [3.05, 3.63) is 0 Å². The van der Waals surface area contributed by atoms with Crippen LogP contribution in [0.1, 0.15) is 26.2 Å². The summed E-state index contributed by atoms with van der Waals surface area (Å²) in [5.41, 5.74) is 0. The van der Waals surface area contributed by atoms with E-state index in [1.807, 2.05) is 6.92 Å². The largest absolute Gasteiger partial charge is 0.355 e. The Morgan fingerprint density at radius 2 is 2.44 bits per heavy atom. The van der Waals surface area contributed by atoms with Gasteiger partial charge in [0.05, 0.1) is 12.5 Å². The van der Waals surface area contributed by atoms with Crippen LogP contribution >= 0.6 is 0 Å². The van der Waals surface area contributed by atoms with Crippen molar-refractivity contribution in [1.29, 1.82) is 0 Å². The van der Waals surface area contributed by atoms with Gasteiger partial charge in [-0.1, -0.05) is 12.8 Å². The van der Waals surface area contributed by atoms with Crippen molar-refractivity contribution in [3.63, 3.8) is 0 Å². The first-order valence-electron chi connectivity index (χ1n) is 5.68. The molecule has 1 N–H and O–H groups in total. The van der Waals surface area contributed by atoms with Gasteiger partial charge < -0.3 is 10.2 Å². The van der Waals surface area contributed by atoms with Crippen LogP contribution in [0, 0.1) is 18.3 Å². The van der Waals surface area contributed by atoms with Crippen molar-refractivity contribution in [1.82, 2.24) is 10.2 Å². The van der Waals surface area contributed by atoms with Gasteiger partial charge in [0.25, 0.3) is 0 Å². The van der Waals surface area contributed by atoms with E-state index in [4.69, 9.17) is 6.42 Å². The summed E-state index contributed by atoms with van der Waals surface area (Å²) >= 11 is 0. The number of terminal acetylenes is 1. The van der Waals surface area contributed by atoms with Gasteiger partial charge in [0.1, 0.15) is 0 Å². The molecule has 4 heteroatoms. The molecule has 1 saturated heterocycles. The number of hydrogen-bond donors (Lipinski definition) is 1. The minimum absolute atomic E-state index is 0.0306. The number of hydrogen-bond acceptors (Lipinski definition) is 2. The molecule has 0 aliphatic carbocycles. The van der Waals surface area contributed by atoms with Crippen molar-refractivity contribution in [3.8, 4) is 12.3 Å². The van der Waals surface area contributed by atoms with Crippen LogP contribution in [-0.4, -0.2) is 36.3 Å². The molecule has 0 spiro atoms. The van der Waals surface area contributed by atoms with Gasteiger partial charge in [0.15, 0.2) is 0 Å². The van der Waals surface area contributed by atoms with Gasteiger partial charge in [-0.05, 0) is 12.8 Å². The van der Waals surface area contributed by atoms with Crippen LogP contribution in [-0.2, 0) is 9.59 Å². The first kappa shape index (κ1) is 12.6. The third-order valence-corrected chi connectivity index (χ3v) is 2.70. The second kappa shape index (κ2) is 6.16. The molecule has 1 fully saturated rings. The number of nitrogens with zero attached hydrogens (tertiary/aromatic N) is 1. The molecule has 1 aliphatic heterocycles. The summed E-state index contributed by atoms with van der Waals surface area (Å²) in [5, 5.41) is 2.71. The topological polar surface area (TPSA) is 49.4 Å². The zero-order valence-corrected chi connectivity index (χ0v) is 9.66. The average Bonchev–Trinajstić information content (AvgIpc) is 2.29. The Morgan fingerprint density at radius 1 is 1.69 bits per heavy atom. The lowest BCUT2D eigenvalue weighted by Gasteiger charge is -2.28. The number of carbonyl (C=O) groups is 2. The summed E-state index contributed by atoms with van der Waals surface area (Å²) in [6.07, 6.45) is 7.20. The molecule has 1 atom stereocenters. The molecule has 0 aromatic rings. The smallest absolute Gasteiger partial charge is 0.228 e. The van der Waals surface area contributed by atoms with E-state index in [1.54, 1.807) is 4.90 Å². The van der Waals surface area contributed by atoms with E-state index in [9.17, 15) is 9.59 Å². The fourth-order valence-corrected chi connectivity index (χ4v) is 1.85. The number of amides is 2. The van der Waals surface area contributed by atoms with Crippen LogP contribution < -0.4 is 5.32 Å². The molecular weight excluding hydrogens is 204 g/mol. The van der Waals surface area contributed by atoms with Crippen molar-refractivity contribution in [2.75, 3.05) is 19.6 Å². The van der Waals surface area contributed by atoms with Crippen LogP contribution in [0.3, 0.4) is 0 Å². The molecule has 88 valence electrons. The normalized spacial score (nSPS) is 19.8. The Kier molecular flexibility index (Phi) is 4.84. The molecule has 0 aromatic heterocycles. The summed E-state index contributed by atoms with van der Waals surface area (Å²) < 4.78 is 0. The Balaban J connectivity index is 2.53. The highest BCUT2D eigenvalue weighted by molar-refractivity contribution is 5.83. The van der Waals surface area contributed by atoms with E-state index in [0.717, 1.165) is 6.42 Å². The molecule has 2 amide bonds. The lowest BCUT2D eigenvalue weighted by atomic mass is 9.97. The predicted octanol–water partition coefficient (Wildman–Crippen LogP) is 0.384. The van der Waals surface area contributed by atoms with E-state index < -0.39 is 0 Å². The molecular formula is C12H18N2O2. The zero-order valence-electron chi connectivity index (χ0n) is 9.66. The predicted molar refractivity (Wildman–Crippen MR) is 61.4 cm³/mol. The summed E-state index contributed by atoms with van der Waals surface area (Å²) in [7, 11) is 0. The van der Waals surface area contributed by atoms with E-state index in [1.165, 1.54) is 0 Å². The molecule has 16 heavy (non-hydrogen) atoms. The van der Waals surface area contributed by atoms with Crippen molar-refractivity contribution >= 4 is 11.8 Å². The van der Waals surface area contributed by atoms with Crippen LogP contribution in [0.2, 0.25) is 0 Å². The Morgan fingerprint density at radius 3 is 2.94 bits per heavy atom. The molecule has 1 aliphatic rings. The highest BCUT2D eigenvalue weighted by Gasteiger charge is 2.27. The number of carbonyl (C=O) groups excluding carboxylic acids is 2. The van der Waals surface area contributed by atoms with Crippen molar-refractivity contribution < 1.29 is 9.59 Å².